The van der Waals surface area contributed by atoms with E-state index in [-0.39, 0.29) is 6.10 Å². The van der Waals surface area contributed by atoms with Crippen molar-refractivity contribution in [2.75, 3.05) is 0 Å². The summed E-state index contributed by atoms with van der Waals surface area (Å²) in [5.74, 6) is 3.52. The Balaban J connectivity index is 1.80. The summed E-state index contributed by atoms with van der Waals surface area (Å²) in [4.78, 5) is 0. The third-order valence-corrected chi connectivity index (χ3v) is 8.52. The largest absolute Gasteiger partial charge is 0.393 e. The standard InChI is InChI=1S/C20H36O/c1-5-19(3)11-6-7-18(19)17-9-8-15-13-16(21)10-12-20(15,4)14(17)2/h14-18,21H,5-13H2,1-4H3. The maximum absolute atomic E-state index is 10.0. The van der Waals surface area contributed by atoms with E-state index in [1.807, 2.05) is 0 Å². The van der Waals surface area contributed by atoms with Gasteiger partial charge in [-0.1, -0.05) is 40.5 Å². The number of hydrogen-bond acceptors (Lipinski definition) is 1. The molecule has 0 aromatic heterocycles. The zero-order valence-electron chi connectivity index (χ0n) is 14.7. The summed E-state index contributed by atoms with van der Waals surface area (Å²) in [6.07, 6.45) is 11.9. The van der Waals surface area contributed by atoms with Crippen LogP contribution >= 0.6 is 0 Å². The maximum Gasteiger partial charge on any atom is 0.0543 e. The molecule has 1 N–H and O–H groups in total. The fourth-order valence-electron chi connectivity index (χ4n) is 6.56. The molecule has 0 radical (unpaired) electrons. The van der Waals surface area contributed by atoms with Crippen LogP contribution < -0.4 is 0 Å². The van der Waals surface area contributed by atoms with E-state index in [2.05, 4.69) is 27.7 Å². The lowest BCUT2D eigenvalue weighted by molar-refractivity contribution is -0.0874. The van der Waals surface area contributed by atoms with Crippen molar-refractivity contribution in [1.82, 2.24) is 0 Å². The molecule has 3 saturated carbocycles. The Morgan fingerprint density at radius 2 is 1.81 bits per heavy atom. The molecule has 0 aromatic rings. The van der Waals surface area contributed by atoms with Crippen LogP contribution in [0.1, 0.15) is 85.5 Å². The Morgan fingerprint density at radius 3 is 2.52 bits per heavy atom. The normalized spacial score (nSPS) is 54.4. The molecule has 3 fully saturated rings. The first kappa shape index (κ1) is 15.8. The van der Waals surface area contributed by atoms with Crippen LogP contribution in [-0.2, 0) is 0 Å². The summed E-state index contributed by atoms with van der Waals surface area (Å²) in [6.45, 7) is 10.1. The van der Waals surface area contributed by atoms with Crippen molar-refractivity contribution >= 4 is 0 Å². The van der Waals surface area contributed by atoms with Gasteiger partial charge in [0.25, 0.3) is 0 Å². The Hall–Kier alpha value is -0.0400. The summed E-state index contributed by atoms with van der Waals surface area (Å²) in [7, 11) is 0. The van der Waals surface area contributed by atoms with E-state index in [0.717, 1.165) is 36.5 Å². The number of aliphatic hydroxyl groups excluding tert-OH is 1. The second kappa shape index (κ2) is 5.55. The molecule has 0 saturated heterocycles. The molecular formula is C20H36O. The first-order valence-electron chi connectivity index (χ1n) is 9.59. The van der Waals surface area contributed by atoms with Gasteiger partial charge in [0.1, 0.15) is 0 Å². The molecule has 0 heterocycles. The average Bonchev–Trinajstić information content (AvgIpc) is 2.85. The highest BCUT2D eigenvalue weighted by atomic mass is 16.3. The van der Waals surface area contributed by atoms with Gasteiger partial charge in [-0.05, 0) is 79.4 Å². The van der Waals surface area contributed by atoms with Gasteiger partial charge >= 0.3 is 0 Å². The highest BCUT2D eigenvalue weighted by Crippen LogP contribution is 2.61. The van der Waals surface area contributed by atoms with E-state index in [1.54, 1.807) is 0 Å². The second-order valence-electron chi connectivity index (χ2n) is 9.17. The van der Waals surface area contributed by atoms with Gasteiger partial charge in [0.15, 0.2) is 0 Å². The summed E-state index contributed by atoms with van der Waals surface area (Å²) >= 11 is 0. The molecule has 21 heavy (non-hydrogen) atoms. The lowest BCUT2D eigenvalue weighted by Gasteiger charge is -2.56. The third kappa shape index (κ3) is 2.48. The van der Waals surface area contributed by atoms with Gasteiger partial charge in [-0.25, -0.2) is 0 Å². The van der Waals surface area contributed by atoms with Crippen LogP contribution in [-0.4, -0.2) is 11.2 Å². The Kier molecular flexibility index (Phi) is 4.19. The molecule has 7 atom stereocenters. The molecule has 0 aromatic carbocycles. The monoisotopic (exact) mass is 292 g/mol. The Morgan fingerprint density at radius 1 is 1.05 bits per heavy atom. The van der Waals surface area contributed by atoms with Gasteiger partial charge in [0, 0.05) is 0 Å². The highest BCUT2D eigenvalue weighted by Gasteiger charge is 2.53. The van der Waals surface area contributed by atoms with Gasteiger partial charge in [-0.15, -0.1) is 0 Å². The number of rotatable bonds is 2. The van der Waals surface area contributed by atoms with E-state index in [4.69, 9.17) is 0 Å². The maximum atomic E-state index is 10.0. The number of aliphatic hydroxyl groups is 1. The van der Waals surface area contributed by atoms with Crippen molar-refractivity contribution in [1.29, 1.82) is 0 Å². The van der Waals surface area contributed by atoms with Crippen molar-refractivity contribution in [2.45, 2.75) is 91.6 Å². The molecule has 0 aliphatic heterocycles. The fraction of sp³-hybridized carbons (Fsp3) is 1.00. The summed E-state index contributed by atoms with van der Waals surface area (Å²) in [6, 6.07) is 0. The van der Waals surface area contributed by atoms with Gasteiger partial charge in [-0.3, -0.25) is 0 Å². The quantitative estimate of drug-likeness (QED) is 0.721. The minimum absolute atomic E-state index is 0.0146. The second-order valence-corrected chi connectivity index (χ2v) is 9.17. The van der Waals surface area contributed by atoms with Crippen LogP contribution in [0.2, 0.25) is 0 Å². The van der Waals surface area contributed by atoms with E-state index in [0.29, 0.717) is 10.8 Å². The lowest BCUT2D eigenvalue weighted by Crippen LogP contribution is -2.49. The minimum atomic E-state index is -0.0146. The minimum Gasteiger partial charge on any atom is -0.393 e. The van der Waals surface area contributed by atoms with E-state index in [9.17, 15) is 5.11 Å². The van der Waals surface area contributed by atoms with Crippen LogP contribution in [0.25, 0.3) is 0 Å². The van der Waals surface area contributed by atoms with Crippen molar-refractivity contribution in [3.63, 3.8) is 0 Å². The molecule has 3 rings (SSSR count). The molecule has 0 amide bonds. The van der Waals surface area contributed by atoms with E-state index in [1.165, 1.54) is 44.9 Å². The van der Waals surface area contributed by atoms with Gasteiger partial charge in [0.2, 0.25) is 0 Å². The number of hydrogen-bond donors (Lipinski definition) is 1. The predicted octanol–water partition coefficient (Wildman–Crippen LogP) is 5.42. The molecule has 1 nitrogen and oxygen atoms in total. The summed E-state index contributed by atoms with van der Waals surface area (Å²) < 4.78 is 0. The van der Waals surface area contributed by atoms with Gasteiger partial charge in [0.05, 0.1) is 6.10 Å². The lowest BCUT2D eigenvalue weighted by atomic mass is 9.49. The van der Waals surface area contributed by atoms with E-state index < -0.39 is 0 Å². The molecule has 1 heteroatoms. The Bertz CT molecular complexity index is 378. The number of fused-ring (bicyclic) bond motifs is 1. The molecule has 7 unspecified atom stereocenters. The van der Waals surface area contributed by atoms with Crippen LogP contribution in [0.3, 0.4) is 0 Å². The van der Waals surface area contributed by atoms with Crippen LogP contribution in [0.15, 0.2) is 0 Å². The van der Waals surface area contributed by atoms with Crippen molar-refractivity contribution in [2.24, 2.45) is 34.5 Å². The predicted molar refractivity (Wildman–Crippen MR) is 89.1 cm³/mol. The summed E-state index contributed by atoms with van der Waals surface area (Å²) in [5, 5.41) is 10.0. The molecule has 3 aliphatic carbocycles. The zero-order chi connectivity index (χ0) is 15.3. The molecular weight excluding hydrogens is 256 g/mol. The Labute approximate surface area is 131 Å². The molecule has 0 bridgehead atoms. The molecule has 3 aliphatic rings. The van der Waals surface area contributed by atoms with Crippen molar-refractivity contribution in [3.05, 3.63) is 0 Å². The van der Waals surface area contributed by atoms with Crippen LogP contribution in [0.4, 0.5) is 0 Å². The van der Waals surface area contributed by atoms with E-state index >= 15 is 0 Å². The molecule has 0 spiro atoms. The van der Waals surface area contributed by atoms with Gasteiger partial charge < -0.3 is 5.11 Å². The fourth-order valence-corrected chi connectivity index (χ4v) is 6.56. The third-order valence-electron chi connectivity index (χ3n) is 8.52. The highest BCUT2D eigenvalue weighted by molar-refractivity contribution is 5.02. The molecule has 122 valence electrons. The smallest absolute Gasteiger partial charge is 0.0543 e. The first-order chi connectivity index (χ1) is 9.90. The first-order valence-corrected chi connectivity index (χ1v) is 9.59. The van der Waals surface area contributed by atoms with Gasteiger partial charge in [-0.2, -0.15) is 0 Å². The van der Waals surface area contributed by atoms with Crippen molar-refractivity contribution < 1.29 is 5.11 Å². The zero-order valence-corrected chi connectivity index (χ0v) is 14.7. The van der Waals surface area contributed by atoms with Crippen molar-refractivity contribution in [3.8, 4) is 0 Å². The summed E-state index contributed by atoms with van der Waals surface area (Å²) in [5.41, 5.74) is 1.11. The van der Waals surface area contributed by atoms with Crippen LogP contribution in [0.5, 0.6) is 0 Å². The topological polar surface area (TPSA) is 20.2 Å². The SMILES string of the molecule is CCC1(C)CCCC1C1CCC2CC(O)CCC2(C)C1C. The average molecular weight is 293 g/mol. The van der Waals surface area contributed by atoms with Crippen LogP contribution in [0, 0.1) is 34.5 Å².